The minimum absolute atomic E-state index is 0.145. The maximum Gasteiger partial charge on any atom is 0.274 e. The summed E-state index contributed by atoms with van der Waals surface area (Å²) in [5.74, 6) is 0.513. The lowest BCUT2D eigenvalue weighted by Crippen LogP contribution is -2.37. The van der Waals surface area contributed by atoms with Crippen molar-refractivity contribution in [3.8, 4) is 5.75 Å². The van der Waals surface area contributed by atoms with Crippen LogP contribution in [0, 0.1) is 0 Å². The van der Waals surface area contributed by atoms with Gasteiger partial charge in [-0.05, 0) is 36.2 Å². The van der Waals surface area contributed by atoms with E-state index in [2.05, 4.69) is 4.98 Å². The van der Waals surface area contributed by atoms with Crippen LogP contribution in [0.25, 0.3) is 5.65 Å². The third-order valence-corrected chi connectivity index (χ3v) is 6.38. The molecule has 0 saturated heterocycles. The molecular formula is C26H28N6O3. The first-order chi connectivity index (χ1) is 16.9. The Labute approximate surface area is 203 Å². The molecule has 2 amide bonds. The molecule has 1 aliphatic rings. The Hall–Kier alpha value is -4.14. The molecular weight excluding hydrogens is 444 g/mol. The Morgan fingerprint density at radius 2 is 1.91 bits per heavy atom. The summed E-state index contributed by atoms with van der Waals surface area (Å²) < 4.78 is 9.01. The second-order valence-corrected chi connectivity index (χ2v) is 8.86. The second kappa shape index (κ2) is 9.25. The van der Waals surface area contributed by atoms with Gasteiger partial charge >= 0.3 is 0 Å². The van der Waals surface area contributed by atoms with Crippen molar-refractivity contribution in [2.75, 3.05) is 27.7 Å². The van der Waals surface area contributed by atoms with Gasteiger partial charge in [0.05, 0.1) is 13.7 Å². The lowest BCUT2D eigenvalue weighted by atomic mass is 10.0. The van der Waals surface area contributed by atoms with Crippen molar-refractivity contribution in [3.05, 3.63) is 83.1 Å². The number of ether oxygens (including phenoxy) is 1. The van der Waals surface area contributed by atoms with E-state index in [4.69, 9.17) is 9.84 Å². The van der Waals surface area contributed by atoms with Gasteiger partial charge in [-0.25, -0.2) is 4.98 Å². The number of carbonyl (C=O) groups is 2. The van der Waals surface area contributed by atoms with Gasteiger partial charge in [0.1, 0.15) is 17.1 Å². The van der Waals surface area contributed by atoms with Gasteiger partial charge in [-0.3, -0.25) is 14.3 Å². The van der Waals surface area contributed by atoms with E-state index in [1.54, 1.807) is 32.3 Å². The molecule has 0 bridgehead atoms. The van der Waals surface area contributed by atoms with Crippen LogP contribution in [0.1, 0.15) is 37.8 Å². The quantitative estimate of drug-likeness (QED) is 0.431. The highest BCUT2D eigenvalue weighted by Gasteiger charge is 2.31. The Morgan fingerprint density at radius 1 is 1.11 bits per heavy atom. The fraction of sp³-hybridized carbons (Fsp3) is 0.308. The molecule has 0 radical (unpaired) electrons. The summed E-state index contributed by atoms with van der Waals surface area (Å²) in [6.07, 6.45) is 5.02. The van der Waals surface area contributed by atoms with Crippen molar-refractivity contribution in [3.63, 3.8) is 0 Å². The third kappa shape index (κ3) is 4.37. The van der Waals surface area contributed by atoms with Crippen LogP contribution in [0.2, 0.25) is 0 Å². The molecule has 1 aliphatic heterocycles. The molecule has 9 nitrogen and oxygen atoms in total. The van der Waals surface area contributed by atoms with Gasteiger partial charge in [0, 0.05) is 57.3 Å². The molecule has 35 heavy (non-hydrogen) atoms. The fourth-order valence-corrected chi connectivity index (χ4v) is 4.46. The van der Waals surface area contributed by atoms with Gasteiger partial charge in [0.15, 0.2) is 5.69 Å². The molecule has 0 unspecified atom stereocenters. The Bertz CT molecular complexity index is 1350. The summed E-state index contributed by atoms with van der Waals surface area (Å²) >= 11 is 0. The summed E-state index contributed by atoms with van der Waals surface area (Å²) in [5, 5.41) is 4.71. The number of imidazole rings is 1. The van der Waals surface area contributed by atoms with Crippen molar-refractivity contribution in [1.82, 2.24) is 29.0 Å². The van der Waals surface area contributed by atoms with Crippen molar-refractivity contribution < 1.29 is 14.3 Å². The van der Waals surface area contributed by atoms with Gasteiger partial charge in [-0.1, -0.05) is 18.2 Å². The molecule has 9 heteroatoms. The lowest BCUT2D eigenvalue weighted by Gasteiger charge is -2.27. The SMILES string of the molecule is COc1ccc(CCn2nc(C(=O)N(C)C)c3c2CCN(C(=O)c2cn4ccccc4n2)C3)cc1. The predicted octanol–water partition coefficient (Wildman–Crippen LogP) is 2.68. The molecule has 5 rings (SSSR count). The van der Waals surface area contributed by atoms with Crippen LogP contribution in [0.15, 0.2) is 54.9 Å². The highest BCUT2D eigenvalue weighted by atomic mass is 16.5. The number of carbonyl (C=O) groups excluding carboxylic acids is 2. The molecule has 0 saturated carbocycles. The average molecular weight is 473 g/mol. The average Bonchev–Trinajstić information content (AvgIpc) is 3.48. The van der Waals surface area contributed by atoms with Gasteiger partial charge in [-0.2, -0.15) is 5.10 Å². The zero-order valence-electron chi connectivity index (χ0n) is 20.1. The minimum Gasteiger partial charge on any atom is -0.497 e. The lowest BCUT2D eigenvalue weighted by molar-refractivity contribution is 0.0721. The molecule has 180 valence electrons. The van der Waals surface area contributed by atoms with Crippen molar-refractivity contribution in [1.29, 1.82) is 0 Å². The molecule has 0 N–H and O–H groups in total. The highest BCUT2D eigenvalue weighted by molar-refractivity contribution is 5.95. The molecule has 3 aromatic heterocycles. The van der Waals surface area contributed by atoms with E-state index in [0.29, 0.717) is 37.4 Å². The summed E-state index contributed by atoms with van der Waals surface area (Å²) in [7, 11) is 5.08. The number of nitrogens with zero attached hydrogens (tertiary/aromatic N) is 6. The van der Waals surface area contributed by atoms with E-state index in [1.165, 1.54) is 4.90 Å². The molecule has 1 aromatic carbocycles. The predicted molar refractivity (Wildman–Crippen MR) is 131 cm³/mol. The molecule has 0 spiro atoms. The summed E-state index contributed by atoms with van der Waals surface area (Å²) in [5.41, 5.74) is 4.53. The van der Waals surface area contributed by atoms with Crippen LogP contribution < -0.4 is 4.74 Å². The van der Waals surface area contributed by atoms with E-state index >= 15 is 0 Å². The van der Waals surface area contributed by atoms with E-state index in [9.17, 15) is 9.59 Å². The molecule has 0 aliphatic carbocycles. The standard InChI is InChI=1S/C26H28N6O3/c1-29(2)26(34)24-20-16-31(25(33)21-17-30-13-5-4-6-23(30)27-21)14-12-22(20)32(28-24)15-11-18-7-9-19(35-3)10-8-18/h4-10,13,17H,11-12,14-16H2,1-3H3. The number of benzene rings is 1. The normalized spacial score (nSPS) is 13.1. The molecule has 4 heterocycles. The molecule has 0 fully saturated rings. The van der Waals surface area contributed by atoms with E-state index < -0.39 is 0 Å². The number of hydrogen-bond acceptors (Lipinski definition) is 5. The summed E-state index contributed by atoms with van der Waals surface area (Å²) in [4.78, 5) is 34.0. The van der Waals surface area contributed by atoms with E-state index in [1.807, 2.05) is 57.7 Å². The van der Waals surface area contributed by atoms with Crippen LogP contribution >= 0.6 is 0 Å². The first-order valence-corrected chi connectivity index (χ1v) is 11.6. The van der Waals surface area contributed by atoms with Crippen LogP contribution in [0.3, 0.4) is 0 Å². The second-order valence-electron chi connectivity index (χ2n) is 8.86. The third-order valence-electron chi connectivity index (χ3n) is 6.38. The number of aryl methyl sites for hydroxylation is 2. The number of hydrogen-bond donors (Lipinski definition) is 0. The highest BCUT2D eigenvalue weighted by Crippen LogP contribution is 2.25. The van der Waals surface area contributed by atoms with Crippen molar-refractivity contribution >= 4 is 17.5 Å². The fourth-order valence-electron chi connectivity index (χ4n) is 4.46. The largest absolute Gasteiger partial charge is 0.497 e. The van der Waals surface area contributed by atoms with Gasteiger partial charge in [-0.15, -0.1) is 0 Å². The number of aromatic nitrogens is 4. The summed E-state index contributed by atoms with van der Waals surface area (Å²) in [6, 6.07) is 13.6. The number of amides is 2. The Balaban J connectivity index is 1.40. The van der Waals surface area contributed by atoms with Crippen molar-refractivity contribution in [2.24, 2.45) is 0 Å². The zero-order chi connectivity index (χ0) is 24.5. The topological polar surface area (TPSA) is 85.0 Å². The van der Waals surface area contributed by atoms with Crippen LogP contribution in [0.5, 0.6) is 5.75 Å². The monoisotopic (exact) mass is 472 g/mol. The maximum absolute atomic E-state index is 13.3. The summed E-state index contributed by atoms with van der Waals surface area (Å²) in [6.45, 7) is 1.53. The minimum atomic E-state index is -0.161. The Kier molecular flexibility index (Phi) is 5.98. The number of fused-ring (bicyclic) bond motifs is 2. The van der Waals surface area contributed by atoms with Gasteiger partial charge < -0.3 is 18.9 Å². The Morgan fingerprint density at radius 3 is 2.63 bits per heavy atom. The van der Waals surface area contributed by atoms with Gasteiger partial charge in [0.2, 0.25) is 0 Å². The first-order valence-electron chi connectivity index (χ1n) is 11.6. The van der Waals surface area contributed by atoms with Crippen LogP contribution in [-0.4, -0.2) is 68.5 Å². The van der Waals surface area contributed by atoms with Crippen molar-refractivity contribution in [2.45, 2.75) is 25.9 Å². The van der Waals surface area contributed by atoms with E-state index in [0.717, 1.165) is 34.6 Å². The molecule has 4 aromatic rings. The van der Waals surface area contributed by atoms with Gasteiger partial charge in [0.25, 0.3) is 11.8 Å². The number of rotatable bonds is 6. The van der Waals surface area contributed by atoms with E-state index in [-0.39, 0.29) is 11.8 Å². The smallest absolute Gasteiger partial charge is 0.274 e. The number of methoxy groups -OCH3 is 1. The first kappa shape index (κ1) is 22.6. The van der Waals surface area contributed by atoms with Crippen LogP contribution in [-0.2, 0) is 25.9 Å². The number of pyridine rings is 1. The van der Waals surface area contributed by atoms with Crippen LogP contribution in [0.4, 0.5) is 0 Å². The maximum atomic E-state index is 13.3. The molecule has 0 atom stereocenters. The zero-order valence-corrected chi connectivity index (χ0v) is 20.1.